The van der Waals surface area contributed by atoms with Crippen LogP contribution in [0.5, 0.6) is 5.75 Å². The molecule has 166 valence electrons. The molecule has 0 radical (unpaired) electrons. The fraction of sp³-hybridized carbons (Fsp3) is 0.160. The molecule has 8 heteroatoms. The van der Waals surface area contributed by atoms with Crippen LogP contribution < -0.4 is 10.1 Å². The van der Waals surface area contributed by atoms with Gasteiger partial charge < -0.3 is 10.1 Å². The highest BCUT2D eigenvalue weighted by Crippen LogP contribution is 2.30. The van der Waals surface area contributed by atoms with Crippen molar-refractivity contribution in [3.8, 4) is 22.6 Å². The van der Waals surface area contributed by atoms with Gasteiger partial charge in [0.15, 0.2) is 5.16 Å². The van der Waals surface area contributed by atoms with Crippen molar-refractivity contribution in [2.45, 2.75) is 18.1 Å². The maximum Gasteiger partial charge on any atom is 0.230 e. The first-order valence-electron chi connectivity index (χ1n) is 10.6. The summed E-state index contributed by atoms with van der Waals surface area (Å²) in [4.78, 5) is 12.4. The number of nitrogens with one attached hydrogen (secondary N) is 1. The van der Waals surface area contributed by atoms with Crippen molar-refractivity contribution in [1.82, 2.24) is 20.1 Å². The summed E-state index contributed by atoms with van der Waals surface area (Å²) >= 11 is 7.41. The van der Waals surface area contributed by atoms with Crippen LogP contribution in [-0.4, -0.2) is 33.0 Å². The molecular formula is C25H21ClN4O2S. The highest BCUT2D eigenvalue weighted by molar-refractivity contribution is 7.99. The zero-order valence-corrected chi connectivity index (χ0v) is 19.3. The van der Waals surface area contributed by atoms with Crippen LogP contribution in [-0.2, 0) is 17.8 Å². The average Bonchev–Trinajstić information content (AvgIpc) is 3.50. The topological polar surface area (TPSA) is 69.0 Å². The first-order valence-corrected chi connectivity index (χ1v) is 11.9. The molecule has 1 aromatic heterocycles. The molecule has 0 spiro atoms. The molecule has 0 fully saturated rings. The average molecular weight is 477 g/mol. The predicted molar refractivity (Wildman–Crippen MR) is 130 cm³/mol. The van der Waals surface area contributed by atoms with Gasteiger partial charge in [0.05, 0.1) is 18.0 Å². The zero-order chi connectivity index (χ0) is 22.6. The van der Waals surface area contributed by atoms with Gasteiger partial charge in [-0.15, -0.1) is 10.2 Å². The van der Waals surface area contributed by atoms with E-state index in [1.807, 2.05) is 47.0 Å². The molecule has 0 saturated heterocycles. The summed E-state index contributed by atoms with van der Waals surface area (Å²) in [6, 6.07) is 22.0. The van der Waals surface area contributed by atoms with E-state index in [2.05, 4.69) is 39.8 Å². The molecule has 6 nitrogen and oxygen atoms in total. The first-order chi connectivity index (χ1) is 16.2. The lowest BCUT2D eigenvalue weighted by atomic mass is 10.0. The molecule has 0 saturated carbocycles. The van der Waals surface area contributed by atoms with Crippen LogP contribution in [0, 0.1) is 0 Å². The minimum atomic E-state index is -0.0663. The van der Waals surface area contributed by atoms with Crippen molar-refractivity contribution in [2.75, 3.05) is 12.4 Å². The lowest BCUT2D eigenvalue weighted by Crippen LogP contribution is -2.24. The Labute approximate surface area is 200 Å². The van der Waals surface area contributed by atoms with E-state index >= 15 is 0 Å². The van der Waals surface area contributed by atoms with Crippen LogP contribution in [0.3, 0.4) is 0 Å². The number of ether oxygens (including phenoxy) is 1. The van der Waals surface area contributed by atoms with Crippen LogP contribution in [0.2, 0.25) is 5.02 Å². The van der Waals surface area contributed by atoms with E-state index in [0.29, 0.717) is 16.7 Å². The number of rotatable bonds is 7. The van der Waals surface area contributed by atoms with Gasteiger partial charge in [0.25, 0.3) is 0 Å². The van der Waals surface area contributed by atoms with Gasteiger partial charge in [-0.05, 0) is 52.6 Å². The maximum atomic E-state index is 12.4. The Balaban J connectivity index is 1.15. The number of aromatic nitrogens is 3. The van der Waals surface area contributed by atoms with Gasteiger partial charge >= 0.3 is 0 Å². The Morgan fingerprint density at radius 2 is 1.94 bits per heavy atom. The number of halogens is 1. The molecule has 1 N–H and O–H groups in total. The molecule has 33 heavy (non-hydrogen) atoms. The van der Waals surface area contributed by atoms with Crippen molar-refractivity contribution in [1.29, 1.82) is 0 Å². The Hall–Kier alpha value is -3.29. The Bertz CT molecular complexity index is 1290. The SMILES string of the molecule is O=C(CSc1nncn1-c1cccc(Cl)c1)NCc1ccc(-c2ccc3c(c2)CCO3)cc1. The molecular weight excluding hydrogens is 456 g/mol. The second kappa shape index (κ2) is 9.68. The molecule has 0 unspecified atom stereocenters. The number of carbonyl (C=O) groups is 1. The standard InChI is InChI=1S/C25H21ClN4O2S/c26-21-2-1-3-22(13-21)30-16-28-29-25(30)33-15-24(31)27-14-17-4-6-18(7-5-17)19-8-9-23-20(12-19)10-11-32-23/h1-9,12-13,16H,10-11,14-15H2,(H,27,31). The lowest BCUT2D eigenvalue weighted by Gasteiger charge is -2.09. The third-order valence-electron chi connectivity index (χ3n) is 5.40. The van der Waals surface area contributed by atoms with E-state index in [9.17, 15) is 4.79 Å². The Morgan fingerprint density at radius 3 is 2.79 bits per heavy atom. The summed E-state index contributed by atoms with van der Waals surface area (Å²) in [6.07, 6.45) is 2.57. The summed E-state index contributed by atoms with van der Waals surface area (Å²) in [7, 11) is 0. The van der Waals surface area contributed by atoms with Crippen molar-refractivity contribution in [3.05, 3.63) is 89.2 Å². The molecule has 3 aromatic carbocycles. The van der Waals surface area contributed by atoms with E-state index in [1.54, 1.807) is 6.33 Å². The number of benzene rings is 3. The molecule has 0 atom stereocenters. The lowest BCUT2D eigenvalue weighted by molar-refractivity contribution is -0.118. The summed E-state index contributed by atoms with van der Waals surface area (Å²) in [5, 5.41) is 12.3. The monoisotopic (exact) mass is 476 g/mol. The second-order valence-electron chi connectivity index (χ2n) is 7.65. The van der Waals surface area contributed by atoms with Gasteiger partial charge in [0, 0.05) is 18.0 Å². The highest BCUT2D eigenvalue weighted by atomic mass is 35.5. The zero-order valence-electron chi connectivity index (χ0n) is 17.7. The Kier molecular flexibility index (Phi) is 6.32. The fourth-order valence-electron chi connectivity index (χ4n) is 3.69. The number of hydrogen-bond acceptors (Lipinski definition) is 5. The Morgan fingerprint density at radius 1 is 1.09 bits per heavy atom. The minimum Gasteiger partial charge on any atom is -0.493 e. The summed E-state index contributed by atoms with van der Waals surface area (Å²) in [6.45, 7) is 1.23. The molecule has 4 aromatic rings. The second-order valence-corrected chi connectivity index (χ2v) is 9.03. The quantitative estimate of drug-likeness (QED) is 0.383. The summed E-state index contributed by atoms with van der Waals surface area (Å²) in [5.74, 6) is 1.17. The summed E-state index contributed by atoms with van der Waals surface area (Å²) < 4.78 is 7.40. The third-order valence-corrected chi connectivity index (χ3v) is 6.58. The van der Waals surface area contributed by atoms with Gasteiger partial charge in [0.2, 0.25) is 5.91 Å². The first kappa shape index (κ1) is 21.6. The third kappa shape index (κ3) is 5.05. The van der Waals surface area contributed by atoms with E-state index in [0.717, 1.165) is 35.6 Å². The minimum absolute atomic E-state index is 0.0663. The molecule has 0 aliphatic carbocycles. The largest absolute Gasteiger partial charge is 0.493 e. The molecule has 1 aliphatic rings. The van der Waals surface area contributed by atoms with Crippen LogP contribution in [0.25, 0.3) is 16.8 Å². The molecule has 5 rings (SSSR count). The van der Waals surface area contributed by atoms with Crippen LogP contribution in [0.15, 0.2) is 78.2 Å². The van der Waals surface area contributed by atoms with Crippen LogP contribution >= 0.6 is 23.4 Å². The van der Waals surface area contributed by atoms with E-state index in [1.165, 1.54) is 22.9 Å². The van der Waals surface area contributed by atoms with Crippen LogP contribution in [0.4, 0.5) is 0 Å². The molecule has 2 heterocycles. The number of carbonyl (C=O) groups excluding carboxylic acids is 1. The van der Waals surface area contributed by atoms with E-state index in [4.69, 9.17) is 16.3 Å². The van der Waals surface area contributed by atoms with E-state index in [-0.39, 0.29) is 11.7 Å². The van der Waals surface area contributed by atoms with Crippen LogP contribution in [0.1, 0.15) is 11.1 Å². The normalized spacial score (nSPS) is 12.3. The van der Waals surface area contributed by atoms with Crippen molar-refractivity contribution >= 4 is 29.3 Å². The fourth-order valence-corrected chi connectivity index (χ4v) is 4.63. The number of fused-ring (bicyclic) bond motifs is 1. The number of nitrogens with zero attached hydrogens (tertiary/aromatic N) is 3. The number of amides is 1. The maximum absolute atomic E-state index is 12.4. The number of hydrogen-bond donors (Lipinski definition) is 1. The van der Waals surface area contributed by atoms with Crippen molar-refractivity contribution in [2.24, 2.45) is 0 Å². The van der Waals surface area contributed by atoms with Gasteiger partial charge in [-0.1, -0.05) is 59.8 Å². The van der Waals surface area contributed by atoms with Gasteiger partial charge in [-0.3, -0.25) is 9.36 Å². The van der Waals surface area contributed by atoms with Gasteiger partial charge in [-0.2, -0.15) is 0 Å². The van der Waals surface area contributed by atoms with Crippen molar-refractivity contribution in [3.63, 3.8) is 0 Å². The summed E-state index contributed by atoms with van der Waals surface area (Å²) in [5.41, 5.74) is 5.48. The number of thioether (sulfide) groups is 1. The molecule has 1 aliphatic heterocycles. The molecule has 0 bridgehead atoms. The highest BCUT2D eigenvalue weighted by Gasteiger charge is 2.13. The van der Waals surface area contributed by atoms with Gasteiger partial charge in [0.1, 0.15) is 12.1 Å². The predicted octanol–water partition coefficient (Wildman–Crippen LogP) is 4.93. The smallest absolute Gasteiger partial charge is 0.230 e. The van der Waals surface area contributed by atoms with E-state index < -0.39 is 0 Å². The van der Waals surface area contributed by atoms with Gasteiger partial charge in [-0.25, -0.2) is 0 Å². The molecule has 1 amide bonds. The van der Waals surface area contributed by atoms with Crippen molar-refractivity contribution < 1.29 is 9.53 Å².